The van der Waals surface area contributed by atoms with Crippen molar-refractivity contribution in [3.8, 4) is 0 Å². The van der Waals surface area contributed by atoms with Gasteiger partial charge in [-0.3, -0.25) is 4.79 Å². The number of rotatable bonds is 4. The van der Waals surface area contributed by atoms with Crippen LogP contribution in [-0.4, -0.2) is 35.5 Å². The summed E-state index contributed by atoms with van der Waals surface area (Å²) in [6, 6.07) is 4.92. The smallest absolute Gasteiger partial charge is 0.416 e. The first kappa shape index (κ1) is 19.7. The molecule has 124 valence electrons. The summed E-state index contributed by atoms with van der Waals surface area (Å²) in [6.07, 6.45) is -5.83. The third-order valence-electron chi connectivity index (χ3n) is 2.41. The molecular formula is C13H16F3NO5. The summed E-state index contributed by atoms with van der Waals surface area (Å²) in [5.41, 5.74) is 3.13. The van der Waals surface area contributed by atoms with E-state index < -0.39 is 36.3 Å². The number of halogens is 3. The second kappa shape index (κ2) is 8.88. The molecule has 0 saturated carbocycles. The molecule has 0 aliphatic rings. The zero-order valence-electron chi connectivity index (χ0n) is 11.6. The SMILES string of the molecule is CC(=O)OCC(CO)c1ccccc1C(F)(F)F.NC(=O)O. The van der Waals surface area contributed by atoms with Gasteiger partial charge in [0.2, 0.25) is 0 Å². The average Bonchev–Trinajstić information content (AvgIpc) is 2.38. The number of alkyl halides is 3. The lowest BCUT2D eigenvalue weighted by Crippen LogP contribution is -2.19. The van der Waals surface area contributed by atoms with Gasteiger partial charge in [0.05, 0.1) is 12.2 Å². The van der Waals surface area contributed by atoms with Gasteiger partial charge in [-0.1, -0.05) is 18.2 Å². The van der Waals surface area contributed by atoms with Gasteiger partial charge < -0.3 is 20.7 Å². The lowest BCUT2D eigenvalue weighted by atomic mass is 9.95. The molecule has 1 atom stereocenters. The Morgan fingerprint density at radius 1 is 1.32 bits per heavy atom. The molecule has 4 N–H and O–H groups in total. The van der Waals surface area contributed by atoms with Crippen molar-refractivity contribution in [2.75, 3.05) is 13.2 Å². The number of benzene rings is 1. The maximum absolute atomic E-state index is 12.8. The Kier molecular flexibility index (Phi) is 7.95. The predicted octanol–water partition coefficient (Wildman–Crippen LogP) is 1.97. The average molecular weight is 323 g/mol. The van der Waals surface area contributed by atoms with Gasteiger partial charge in [-0.15, -0.1) is 0 Å². The molecule has 0 heterocycles. The molecule has 1 unspecified atom stereocenters. The first-order valence-electron chi connectivity index (χ1n) is 5.98. The summed E-state index contributed by atoms with van der Waals surface area (Å²) in [5.74, 6) is -1.48. The van der Waals surface area contributed by atoms with Crippen LogP contribution in [0.3, 0.4) is 0 Å². The molecule has 0 saturated heterocycles. The van der Waals surface area contributed by atoms with E-state index in [0.29, 0.717) is 0 Å². The largest absolute Gasteiger partial charge is 0.465 e. The molecule has 0 aliphatic carbocycles. The van der Waals surface area contributed by atoms with Gasteiger partial charge in [0, 0.05) is 12.8 Å². The highest BCUT2D eigenvalue weighted by molar-refractivity contribution is 5.66. The van der Waals surface area contributed by atoms with E-state index in [2.05, 4.69) is 10.5 Å². The van der Waals surface area contributed by atoms with Crippen molar-refractivity contribution in [3.05, 3.63) is 35.4 Å². The first-order valence-corrected chi connectivity index (χ1v) is 5.98. The minimum absolute atomic E-state index is 0.0752. The predicted molar refractivity (Wildman–Crippen MR) is 70.1 cm³/mol. The summed E-state index contributed by atoms with van der Waals surface area (Å²) in [6.45, 7) is 0.351. The summed E-state index contributed by atoms with van der Waals surface area (Å²) < 4.78 is 42.9. The highest BCUT2D eigenvalue weighted by Gasteiger charge is 2.34. The number of nitrogens with two attached hydrogens (primary N) is 1. The second-order valence-corrected chi connectivity index (χ2v) is 4.11. The van der Waals surface area contributed by atoms with E-state index in [0.717, 1.165) is 13.0 Å². The summed E-state index contributed by atoms with van der Waals surface area (Å²) >= 11 is 0. The Bertz CT molecular complexity index is 501. The van der Waals surface area contributed by atoms with E-state index in [-0.39, 0.29) is 12.2 Å². The molecule has 0 bridgehead atoms. The van der Waals surface area contributed by atoms with E-state index in [1.807, 2.05) is 0 Å². The Hall–Kier alpha value is -2.29. The van der Waals surface area contributed by atoms with Gasteiger partial charge in [0.25, 0.3) is 0 Å². The standard InChI is InChI=1S/C12H13F3O3.CH3NO2/c1-8(17)18-7-9(6-16)10-4-2-3-5-11(10)12(13,14)15;2-1(3)4/h2-5,9,16H,6-7H2,1H3;2H2,(H,3,4). The number of ether oxygens (including phenoxy) is 1. The second-order valence-electron chi connectivity index (χ2n) is 4.11. The Morgan fingerprint density at radius 3 is 2.23 bits per heavy atom. The quantitative estimate of drug-likeness (QED) is 0.734. The fourth-order valence-electron chi connectivity index (χ4n) is 1.57. The molecule has 22 heavy (non-hydrogen) atoms. The topological polar surface area (TPSA) is 110 Å². The summed E-state index contributed by atoms with van der Waals surface area (Å²) in [4.78, 5) is 19.4. The third-order valence-corrected chi connectivity index (χ3v) is 2.41. The number of carbonyl (C=O) groups excluding carboxylic acids is 1. The lowest BCUT2D eigenvalue weighted by Gasteiger charge is -2.19. The fourth-order valence-corrected chi connectivity index (χ4v) is 1.57. The van der Waals surface area contributed by atoms with Crippen LogP contribution in [0.15, 0.2) is 24.3 Å². The van der Waals surface area contributed by atoms with Crippen molar-refractivity contribution >= 4 is 12.1 Å². The van der Waals surface area contributed by atoms with Crippen LogP contribution >= 0.6 is 0 Å². The molecule has 0 fully saturated rings. The number of primary amides is 1. The minimum atomic E-state index is -4.50. The number of amides is 1. The molecule has 0 aromatic heterocycles. The van der Waals surface area contributed by atoms with Gasteiger partial charge in [-0.25, -0.2) is 4.79 Å². The van der Waals surface area contributed by atoms with E-state index in [1.165, 1.54) is 18.2 Å². The van der Waals surface area contributed by atoms with Crippen molar-refractivity contribution in [3.63, 3.8) is 0 Å². The molecule has 0 aliphatic heterocycles. The maximum Gasteiger partial charge on any atom is 0.416 e. The van der Waals surface area contributed by atoms with Gasteiger partial charge in [-0.05, 0) is 11.6 Å². The Labute approximate surface area is 124 Å². The zero-order chi connectivity index (χ0) is 17.3. The molecular weight excluding hydrogens is 307 g/mol. The van der Waals surface area contributed by atoms with Crippen LogP contribution in [0.25, 0.3) is 0 Å². The number of esters is 1. The van der Waals surface area contributed by atoms with E-state index >= 15 is 0 Å². The molecule has 9 heteroatoms. The van der Waals surface area contributed by atoms with E-state index in [9.17, 15) is 18.0 Å². The van der Waals surface area contributed by atoms with Crippen LogP contribution in [-0.2, 0) is 15.7 Å². The van der Waals surface area contributed by atoms with Gasteiger partial charge in [-0.2, -0.15) is 13.2 Å². The molecule has 1 rings (SSSR count). The van der Waals surface area contributed by atoms with Gasteiger partial charge in [0.15, 0.2) is 0 Å². The summed E-state index contributed by atoms with van der Waals surface area (Å²) in [5, 5.41) is 16.3. The number of aliphatic hydroxyl groups is 1. The zero-order valence-corrected chi connectivity index (χ0v) is 11.6. The normalized spacial score (nSPS) is 11.9. The number of carbonyl (C=O) groups is 2. The van der Waals surface area contributed by atoms with Crippen molar-refractivity contribution in [2.24, 2.45) is 5.73 Å². The van der Waals surface area contributed by atoms with Crippen molar-refractivity contribution in [1.29, 1.82) is 0 Å². The highest BCUT2D eigenvalue weighted by Crippen LogP contribution is 2.35. The van der Waals surface area contributed by atoms with Gasteiger partial charge >= 0.3 is 18.2 Å². The van der Waals surface area contributed by atoms with Crippen LogP contribution in [0.4, 0.5) is 18.0 Å². The number of aliphatic hydroxyl groups excluding tert-OH is 1. The van der Waals surface area contributed by atoms with Crippen LogP contribution < -0.4 is 5.73 Å². The third kappa shape index (κ3) is 7.48. The number of hydrogen-bond donors (Lipinski definition) is 3. The number of carboxylic acid groups (broad SMARTS) is 1. The molecule has 1 aromatic carbocycles. The van der Waals surface area contributed by atoms with Crippen molar-refractivity contribution in [2.45, 2.75) is 19.0 Å². The van der Waals surface area contributed by atoms with Gasteiger partial charge in [0.1, 0.15) is 6.61 Å². The van der Waals surface area contributed by atoms with Crippen molar-refractivity contribution < 1.29 is 37.7 Å². The molecule has 6 nitrogen and oxygen atoms in total. The fraction of sp³-hybridized carbons (Fsp3) is 0.385. The minimum Gasteiger partial charge on any atom is -0.465 e. The first-order chi connectivity index (χ1) is 10.1. The van der Waals surface area contributed by atoms with Crippen LogP contribution in [0.5, 0.6) is 0 Å². The molecule has 1 aromatic rings. The van der Waals surface area contributed by atoms with Crippen molar-refractivity contribution in [1.82, 2.24) is 0 Å². The number of hydrogen-bond acceptors (Lipinski definition) is 4. The summed E-state index contributed by atoms with van der Waals surface area (Å²) in [7, 11) is 0. The molecule has 0 radical (unpaired) electrons. The van der Waals surface area contributed by atoms with Crippen LogP contribution in [0, 0.1) is 0 Å². The Morgan fingerprint density at radius 2 is 1.82 bits per heavy atom. The lowest BCUT2D eigenvalue weighted by molar-refractivity contribution is -0.142. The molecule has 0 spiro atoms. The highest BCUT2D eigenvalue weighted by atomic mass is 19.4. The Balaban J connectivity index is 0.000000980. The molecule has 1 amide bonds. The maximum atomic E-state index is 12.8. The van der Waals surface area contributed by atoms with Crippen LogP contribution in [0.1, 0.15) is 24.0 Å². The monoisotopic (exact) mass is 323 g/mol. The van der Waals surface area contributed by atoms with E-state index in [1.54, 1.807) is 0 Å². The van der Waals surface area contributed by atoms with E-state index in [4.69, 9.17) is 15.0 Å². The van der Waals surface area contributed by atoms with Crippen LogP contribution in [0.2, 0.25) is 0 Å².